The van der Waals surface area contributed by atoms with Crippen molar-refractivity contribution in [3.63, 3.8) is 0 Å². The van der Waals surface area contributed by atoms with E-state index in [-0.39, 0.29) is 5.69 Å². The van der Waals surface area contributed by atoms with Gasteiger partial charge in [0.25, 0.3) is 5.91 Å². The molecular weight excluding hydrogens is 415 g/mol. The summed E-state index contributed by atoms with van der Waals surface area (Å²) in [5.41, 5.74) is -0.433. The average molecular weight is 435 g/mol. The van der Waals surface area contributed by atoms with Crippen molar-refractivity contribution >= 4 is 23.5 Å². The van der Waals surface area contributed by atoms with E-state index in [0.29, 0.717) is 18.4 Å². The zero-order valence-electron chi connectivity index (χ0n) is 16.5. The highest BCUT2D eigenvalue weighted by Crippen LogP contribution is 2.33. The van der Waals surface area contributed by atoms with Crippen LogP contribution < -0.4 is 15.4 Å². The quantitative estimate of drug-likeness (QED) is 0.648. The van der Waals surface area contributed by atoms with Gasteiger partial charge in [0, 0.05) is 5.69 Å². The summed E-state index contributed by atoms with van der Waals surface area (Å²) in [5, 5.41) is 5.17. The normalized spacial score (nSPS) is 18.6. The molecule has 7 nitrogen and oxygen atoms in total. The Labute approximate surface area is 176 Å². The number of amides is 4. The van der Waals surface area contributed by atoms with E-state index < -0.39 is 42.0 Å². The first kappa shape index (κ1) is 22.1. The molecule has 0 aliphatic carbocycles. The van der Waals surface area contributed by atoms with Crippen LogP contribution in [0.1, 0.15) is 25.3 Å². The van der Waals surface area contributed by atoms with E-state index in [4.69, 9.17) is 0 Å². The van der Waals surface area contributed by atoms with E-state index in [0.717, 1.165) is 17.0 Å². The number of ether oxygens (including phenoxy) is 1. The summed E-state index contributed by atoms with van der Waals surface area (Å²) < 4.78 is 40.4. The third kappa shape index (κ3) is 4.96. The number of urea groups is 1. The number of hydrogen-bond donors (Lipinski definition) is 2. The predicted octanol–water partition coefficient (Wildman–Crippen LogP) is 3.77. The molecule has 2 N–H and O–H groups in total. The van der Waals surface area contributed by atoms with Gasteiger partial charge in [-0.1, -0.05) is 43.7 Å². The van der Waals surface area contributed by atoms with Crippen molar-refractivity contribution in [3.05, 3.63) is 60.2 Å². The molecule has 0 saturated carbocycles. The number of anilines is 1. The maximum Gasteiger partial charge on any atom is 0.573 e. The van der Waals surface area contributed by atoms with Crippen LogP contribution in [-0.4, -0.2) is 35.7 Å². The fourth-order valence-electron chi connectivity index (χ4n) is 3.46. The first-order valence-electron chi connectivity index (χ1n) is 9.50. The van der Waals surface area contributed by atoms with E-state index in [1.165, 1.54) is 12.1 Å². The fraction of sp³-hybridized carbons (Fsp3) is 0.286. The number of imide groups is 1. The molecular formula is C21H20F3N3O4. The minimum atomic E-state index is -4.82. The van der Waals surface area contributed by atoms with Gasteiger partial charge in [-0.25, -0.2) is 4.79 Å². The van der Waals surface area contributed by atoms with Crippen molar-refractivity contribution < 1.29 is 32.3 Å². The van der Waals surface area contributed by atoms with Gasteiger partial charge in [0.2, 0.25) is 5.91 Å². The molecule has 1 fully saturated rings. The summed E-state index contributed by atoms with van der Waals surface area (Å²) >= 11 is 0. The SMILES string of the molecule is CCC[C@@]1(c2ccccc2)NC(=O)N(CC(=O)Nc2ccc(OC(F)(F)F)cc2)C1=O. The number of alkyl halides is 3. The minimum absolute atomic E-state index is 0.189. The van der Waals surface area contributed by atoms with Crippen molar-refractivity contribution in [3.8, 4) is 5.75 Å². The molecule has 0 aromatic heterocycles. The van der Waals surface area contributed by atoms with Crippen molar-refractivity contribution in [2.75, 3.05) is 11.9 Å². The Balaban J connectivity index is 1.70. The number of nitrogens with one attached hydrogen (secondary N) is 2. The van der Waals surface area contributed by atoms with Crippen LogP contribution in [-0.2, 0) is 15.1 Å². The van der Waals surface area contributed by atoms with Crippen molar-refractivity contribution in [2.24, 2.45) is 0 Å². The molecule has 1 heterocycles. The Morgan fingerprint density at radius 1 is 1.10 bits per heavy atom. The molecule has 31 heavy (non-hydrogen) atoms. The summed E-state index contributed by atoms with van der Waals surface area (Å²) in [5.74, 6) is -1.64. The molecule has 0 spiro atoms. The van der Waals surface area contributed by atoms with Gasteiger partial charge in [-0.3, -0.25) is 14.5 Å². The van der Waals surface area contributed by atoms with E-state index in [2.05, 4.69) is 15.4 Å². The predicted molar refractivity (Wildman–Crippen MR) is 105 cm³/mol. The summed E-state index contributed by atoms with van der Waals surface area (Å²) in [7, 11) is 0. The van der Waals surface area contributed by atoms with Gasteiger partial charge < -0.3 is 15.4 Å². The number of benzene rings is 2. The Hall–Kier alpha value is -3.56. The average Bonchev–Trinajstić information content (AvgIpc) is 2.94. The summed E-state index contributed by atoms with van der Waals surface area (Å²) in [6.07, 6.45) is -3.84. The standard InChI is InChI=1S/C21H20F3N3O4/c1-2-12-20(14-6-4-3-5-7-14)18(29)27(19(30)26-20)13-17(28)25-15-8-10-16(11-9-15)31-21(22,23)24/h3-11H,2,12-13H2,1H3,(H,25,28)(H,26,30)/t20-/m0/s1. The highest BCUT2D eigenvalue weighted by molar-refractivity contribution is 6.10. The number of hydrogen-bond acceptors (Lipinski definition) is 4. The van der Waals surface area contributed by atoms with Crippen LogP contribution in [0.2, 0.25) is 0 Å². The molecule has 2 aromatic rings. The smallest absolute Gasteiger partial charge is 0.406 e. The molecule has 164 valence electrons. The highest BCUT2D eigenvalue weighted by Gasteiger charge is 2.52. The summed E-state index contributed by atoms with van der Waals surface area (Å²) in [4.78, 5) is 38.9. The lowest BCUT2D eigenvalue weighted by Crippen LogP contribution is -2.44. The van der Waals surface area contributed by atoms with Gasteiger partial charge in [0.15, 0.2) is 0 Å². The highest BCUT2D eigenvalue weighted by atomic mass is 19.4. The van der Waals surface area contributed by atoms with Crippen molar-refractivity contribution in [1.29, 1.82) is 0 Å². The largest absolute Gasteiger partial charge is 0.573 e. The molecule has 0 radical (unpaired) electrons. The minimum Gasteiger partial charge on any atom is -0.406 e. The maximum atomic E-state index is 13.1. The van der Waals surface area contributed by atoms with Crippen molar-refractivity contribution in [1.82, 2.24) is 10.2 Å². The lowest BCUT2D eigenvalue weighted by molar-refractivity contribution is -0.274. The second kappa shape index (κ2) is 8.66. The van der Waals surface area contributed by atoms with Crippen LogP contribution >= 0.6 is 0 Å². The number of rotatable bonds is 7. The van der Waals surface area contributed by atoms with Crippen LogP contribution in [0.4, 0.5) is 23.7 Å². The Morgan fingerprint density at radius 2 is 1.74 bits per heavy atom. The molecule has 1 aliphatic heterocycles. The lowest BCUT2D eigenvalue weighted by atomic mass is 9.85. The zero-order valence-corrected chi connectivity index (χ0v) is 16.5. The molecule has 3 rings (SSSR count). The van der Waals surface area contributed by atoms with E-state index in [1.807, 2.05) is 6.92 Å². The van der Waals surface area contributed by atoms with E-state index in [1.54, 1.807) is 30.3 Å². The number of halogens is 3. The van der Waals surface area contributed by atoms with Gasteiger partial charge >= 0.3 is 12.4 Å². The summed E-state index contributed by atoms with van der Waals surface area (Å²) in [6, 6.07) is 12.6. The molecule has 4 amide bonds. The topological polar surface area (TPSA) is 87.7 Å². The van der Waals surface area contributed by atoms with E-state index in [9.17, 15) is 27.6 Å². The monoisotopic (exact) mass is 435 g/mol. The molecule has 10 heteroatoms. The van der Waals surface area contributed by atoms with Crippen LogP contribution in [0.25, 0.3) is 0 Å². The molecule has 1 aliphatic rings. The van der Waals surface area contributed by atoms with Gasteiger partial charge in [-0.05, 0) is 36.2 Å². The third-order valence-electron chi connectivity index (χ3n) is 4.74. The third-order valence-corrected chi connectivity index (χ3v) is 4.74. The second-order valence-corrected chi connectivity index (χ2v) is 6.96. The fourth-order valence-corrected chi connectivity index (χ4v) is 3.46. The van der Waals surface area contributed by atoms with Crippen LogP contribution in [0.5, 0.6) is 5.75 Å². The Morgan fingerprint density at radius 3 is 2.32 bits per heavy atom. The molecule has 0 bridgehead atoms. The van der Waals surface area contributed by atoms with Gasteiger partial charge in [0.05, 0.1) is 0 Å². The van der Waals surface area contributed by atoms with Crippen LogP contribution in [0.3, 0.4) is 0 Å². The Bertz CT molecular complexity index is 964. The number of carbonyl (C=O) groups is 3. The first-order valence-corrected chi connectivity index (χ1v) is 9.50. The molecule has 0 unspecified atom stereocenters. The van der Waals surface area contributed by atoms with Crippen molar-refractivity contribution in [2.45, 2.75) is 31.7 Å². The van der Waals surface area contributed by atoms with Crippen LogP contribution in [0, 0.1) is 0 Å². The second-order valence-electron chi connectivity index (χ2n) is 6.96. The lowest BCUT2D eigenvalue weighted by Gasteiger charge is -2.26. The maximum absolute atomic E-state index is 13.1. The summed E-state index contributed by atoms with van der Waals surface area (Å²) in [6.45, 7) is 1.34. The Kier molecular flexibility index (Phi) is 6.19. The zero-order chi connectivity index (χ0) is 22.6. The van der Waals surface area contributed by atoms with Gasteiger partial charge in [-0.15, -0.1) is 13.2 Å². The number of nitrogens with zero attached hydrogens (tertiary/aromatic N) is 1. The van der Waals surface area contributed by atoms with E-state index >= 15 is 0 Å². The molecule has 1 saturated heterocycles. The van der Waals surface area contributed by atoms with Gasteiger partial charge in [-0.2, -0.15) is 0 Å². The molecule has 1 atom stereocenters. The first-order chi connectivity index (χ1) is 14.6. The number of carbonyl (C=O) groups excluding carboxylic acids is 3. The van der Waals surface area contributed by atoms with Gasteiger partial charge in [0.1, 0.15) is 17.8 Å². The van der Waals surface area contributed by atoms with Crippen LogP contribution in [0.15, 0.2) is 54.6 Å². The molecule has 2 aromatic carbocycles.